The molecular weight excluding hydrogens is 264 g/mol. The van der Waals surface area contributed by atoms with E-state index in [0.29, 0.717) is 12.1 Å². The lowest BCUT2D eigenvalue weighted by Crippen LogP contribution is -2.38. The lowest BCUT2D eigenvalue weighted by molar-refractivity contribution is -0.0160. The van der Waals surface area contributed by atoms with Crippen molar-refractivity contribution in [2.45, 2.75) is 50.4 Å². The van der Waals surface area contributed by atoms with Crippen LogP contribution < -0.4 is 0 Å². The van der Waals surface area contributed by atoms with Crippen LogP contribution in [0, 0.1) is 0 Å². The second-order valence-electron chi connectivity index (χ2n) is 6.46. The minimum Gasteiger partial charge on any atom is -0.381 e. The predicted molar refractivity (Wildman–Crippen MR) is 80.2 cm³/mol. The number of hydrogen-bond donors (Lipinski definition) is 0. The largest absolute Gasteiger partial charge is 0.381 e. The highest BCUT2D eigenvalue weighted by atomic mass is 16.5. The zero-order chi connectivity index (χ0) is 14.1. The molecule has 114 valence electrons. The van der Waals surface area contributed by atoms with Gasteiger partial charge in [0, 0.05) is 38.5 Å². The van der Waals surface area contributed by atoms with Gasteiger partial charge in [0.05, 0.1) is 11.8 Å². The number of pyridine rings is 1. The fraction of sp³-hybridized carbons (Fsp3) is 0.706. The zero-order valence-corrected chi connectivity index (χ0v) is 12.5. The Hall–Kier alpha value is -0.970. The van der Waals surface area contributed by atoms with Crippen LogP contribution in [0.3, 0.4) is 0 Å². The molecule has 21 heavy (non-hydrogen) atoms. The summed E-state index contributed by atoms with van der Waals surface area (Å²) in [6.07, 6.45) is 8.23. The summed E-state index contributed by atoms with van der Waals surface area (Å²) in [6, 6.07) is 4.93. The van der Waals surface area contributed by atoms with Crippen LogP contribution in [0.15, 0.2) is 18.3 Å². The normalized spacial score (nSPS) is 30.7. The summed E-state index contributed by atoms with van der Waals surface area (Å²) >= 11 is 0. The van der Waals surface area contributed by atoms with E-state index >= 15 is 0 Å². The van der Waals surface area contributed by atoms with Crippen molar-refractivity contribution in [2.75, 3.05) is 26.3 Å². The van der Waals surface area contributed by atoms with Gasteiger partial charge in [0.15, 0.2) is 0 Å². The Morgan fingerprint density at radius 3 is 3.00 bits per heavy atom. The monoisotopic (exact) mass is 288 g/mol. The van der Waals surface area contributed by atoms with E-state index in [-0.39, 0.29) is 6.10 Å². The lowest BCUT2D eigenvalue weighted by atomic mass is 10.1. The van der Waals surface area contributed by atoms with Crippen molar-refractivity contribution >= 4 is 0 Å². The van der Waals surface area contributed by atoms with Crippen LogP contribution in [0.4, 0.5) is 0 Å². The van der Waals surface area contributed by atoms with Gasteiger partial charge in [-0.2, -0.15) is 0 Å². The van der Waals surface area contributed by atoms with Crippen LogP contribution in [0.1, 0.15) is 43.0 Å². The summed E-state index contributed by atoms with van der Waals surface area (Å²) < 4.78 is 11.9. The van der Waals surface area contributed by atoms with Crippen molar-refractivity contribution in [3.8, 4) is 0 Å². The van der Waals surface area contributed by atoms with Gasteiger partial charge in [0.2, 0.25) is 0 Å². The van der Waals surface area contributed by atoms with Crippen LogP contribution >= 0.6 is 0 Å². The van der Waals surface area contributed by atoms with Crippen LogP contribution in [-0.2, 0) is 15.9 Å². The predicted octanol–water partition coefficient (Wildman–Crippen LogP) is 2.34. The minimum absolute atomic E-state index is 0.223. The number of hydrogen-bond acceptors (Lipinski definition) is 4. The number of ether oxygens (including phenoxy) is 2. The Bertz CT molecular complexity index is 487. The molecule has 0 bridgehead atoms. The maximum Gasteiger partial charge on any atom is 0.100 e. The van der Waals surface area contributed by atoms with Gasteiger partial charge in [0.25, 0.3) is 0 Å². The molecule has 4 heteroatoms. The van der Waals surface area contributed by atoms with Gasteiger partial charge in [0.1, 0.15) is 6.10 Å². The first-order valence-electron chi connectivity index (χ1n) is 8.31. The first kappa shape index (κ1) is 13.7. The van der Waals surface area contributed by atoms with Gasteiger partial charge in [-0.25, -0.2) is 0 Å². The van der Waals surface area contributed by atoms with Gasteiger partial charge in [-0.05, 0) is 43.7 Å². The SMILES string of the molecule is c1cnc2c(c1)CCC2O[C@@H]1CCN(C2CCOCC2)C1. The van der Waals surface area contributed by atoms with Crippen LogP contribution in [0.2, 0.25) is 0 Å². The second-order valence-corrected chi connectivity index (χ2v) is 6.46. The third-order valence-electron chi connectivity index (χ3n) is 5.15. The number of aryl methyl sites for hydroxylation is 1. The topological polar surface area (TPSA) is 34.6 Å². The average molecular weight is 288 g/mol. The number of nitrogens with zero attached hydrogens (tertiary/aromatic N) is 2. The van der Waals surface area contributed by atoms with E-state index in [1.165, 1.54) is 30.6 Å². The maximum atomic E-state index is 6.38. The molecule has 3 aliphatic rings. The Kier molecular flexibility index (Phi) is 3.93. The molecule has 0 radical (unpaired) electrons. The van der Waals surface area contributed by atoms with Crippen molar-refractivity contribution in [2.24, 2.45) is 0 Å². The molecule has 2 aliphatic heterocycles. The number of aromatic nitrogens is 1. The molecule has 0 aromatic carbocycles. The quantitative estimate of drug-likeness (QED) is 0.855. The second kappa shape index (κ2) is 6.03. The first-order valence-corrected chi connectivity index (χ1v) is 8.31. The van der Waals surface area contributed by atoms with Crippen LogP contribution in [0.5, 0.6) is 0 Å². The number of rotatable bonds is 3. The van der Waals surface area contributed by atoms with Crippen molar-refractivity contribution in [3.63, 3.8) is 0 Å². The Labute approximate surface area is 126 Å². The average Bonchev–Trinajstić information content (AvgIpc) is 3.17. The minimum atomic E-state index is 0.223. The van der Waals surface area contributed by atoms with Crippen molar-refractivity contribution < 1.29 is 9.47 Å². The summed E-state index contributed by atoms with van der Waals surface area (Å²) in [6.45, 7) is 4.11. The van der Waals surface area contributed by atoms with Crippen molar-refractivity contribution in [3.05, 3.63) is 29.6 Å². The molecule has 1 aromatic rings. The molecule has 0 amide bonds. The molecule has 1 aliphatic carbocycles. The Morgan fingerprint density at radius 2 is 2.10 bits per heavy atom. The van der Waals surface area contributed by atoms with E-state index in [1.54, 1.807) is 0 Å². The summed E-state index contributed by atoms with van der Waals surface area (Å²) in [5, 5.41) is 0. The summed E-state index contributed by atoms with van der Waals surface area (Å²) in [5.41, 5.74) is 2.56. The Morgan fingerprint density at radius 1 is 1.19 bits per heavy atom. The van der Waals surface area contributed by atoms with E-state index in [1.807, 2.05) is 12.3 Å². The lowest BCUT2D eigenvalue weighted by Gasteiger charge is -2.31. The van der Waals surface area contributed by atoms with Gasteiger partial charge >= 0.3 is 0 Å². The van der Waals surface area contributed by atoms with E-state index < -0.39 is 0 Å². The third-order valence-corrected chi connectivity index (χ3v) is 5.15. The van der Waals surface area contributed by atoms with Crippen molar-refractivity contribution in [1.82, 2.24) is 9.88 Å². The van der Waals surface area contributed by atoms with Crippen LogP contribution in [-0.4, -0.2) is 48.3 Å². The van der Waals surface area contributed by atoms with E-state index in [4.69, 9.17) is 9.47 Å². The number of likely N-dealkylation sites (tertiary alicyclic amines) is 1. The molecule has 1 aromatic heterocycles. The first-order chi connectivity index (χ1) is 10.4. The zero-order valence-electron chi connectivity index (χ0n) is 12.5. The molecule has 4 nitrogen and oxygen atoms in total. The molecule has 2 atom stereocenters. The van der Waals surface area contributed by atoms with Gasteiger partial charge in [-0.15, -0.1) is 0 Å². The molecule has 3 heterocycles. The molecule has 1 unspecified atom stereocenters. The van der Waals surface area contributed by atoms with Gasteiger partial charge < -0.3 is 9.47 Å². The van der Waals surface area contributed by atoms with E-state index in [9.17, 15) is 0 Å². The van der Waals surface area contributed by atoms with Gasteiger partial charge in [-0.3, -0.25) is 9.88 Å². The molecular formula is C17H24N2O2. The van der Waals surface area contributed by atoms with Crippen molar-refractivity contribution in [1.29, 1.82) is 0 Å². The molecule has 4 rings (SSSR count). The fourth-order valence-electron chi connectivity index (χ4n) is 3.99. The van der Waals surface area contributed by atoms with Crippen LogP contribution in [0.25, 0.3) is 0 Å². The highest BCUT2D eigenvalue weighted by Gasteiger charge is 2.33. The summed E-state index contributed by atoms with van der Waals surface area (Å²) in [4.78, 5) is 7.15. The Balaban J connectivity index is 1.35. The maximum absolute atomic E-state index is 6.38. The summed E-state index contributed by atoms with van der Waals surface area (Å²) in [5.74, 6) is 0. The molecule has 2 saturated heterocycles. The number of fused-ring (bicyclic) bond motifs is 1. The fourth-order valence-corrected chi connectivity index (χ4v) is 3.99. The van der Waals surface area contributed by atoms with E-state index in [0.717, 1.165) is 39.0 Å². The molecule has 0 saturated carbocycles. The highest BCUT2D eigenvalue weighted by molar-refractivity contribution is 5.26. The van der Waals surface area contributed by atoms with Gasteiger partial charge in [-0.1, -0.05) is 6.07 Å². The summed E-state index contributed by atoms with van der Waals surface area (Å²) in [7, 11) is 0. The highest BCUT2D eigenvalue weighted by Crippen LogP contribution is 2.34. The molecule has 0 spiro atoms. The molecule has 2 fully saturated rings. The van der Waals surface area contributed by atoms with E-state index in [2.05, 4.69) is 16.0 Å². The standard InChI is InChI=1S/C17H24N2O2/c1-2-13-3-4-16(17(13)18-8-1)21-15-5-9-19(12-15)14-6-10-20-11-7-14/h1-2,8,14-16H,3-7,9-12H2/t15-,16?/m1/s1. The third kappa shape index (κ3) is 2.85. The smallest absolute Gasteiger partial charge is 0.100 e. The molecule has 0 N–H and O–H groups in total.